The molecule has 8 nitrogen and oxygen atoms in total. The first kappa shape index (κ1) is 22.0. The first-order valence-corrected chi connectivity index (χ1v) is 11.7. The highest BCUT2D eigenvalue weighted by molar-refractivity contribution is 7.86. The number of hydrogen-bond donors (Lipinski definition) is 1. The Balaban J connectivity index is 1.81. The lowest BCUT2D eigenvalue weighted by molar-refractivity contribution is 0.297. The van der Waals surface area contributed by atoms with E-state index in [2.05, 4.69) is 19.7 Å². The van der Waals surface area contributed by atoms with Crippen LogP contribution < -0.4 is 4.90 Å². The van der Waals surface area contributed by atoms with E-state index in [0.29, 0.717) is 25.2 Å². The summed E-state index contributed by atoms with van der Waals surface area (Å²) in [5.74, 6) is 0. The van der Waals surface area contributed by atoms with Gasteiger partial charge in [0.15, 0.2) is 5.69 Å². The topological polar surface area (TPSA) is 76.9 Å². The smallest absolute Gasteiger partial charge is 0.282 e. The third kappa shape index (κ3) is 4.53. The third-order valence-corrected chi connectivity index (χ3v) is 7.63. The molecule has 0 aliphatic carbocycles. The van der Waals surface area contributed by atoms with E-state index in [-0.39, 0.29) is 12.6 Å². The van der Waals surface area contributed by atoms with Crippen LogP contribution in [0.15, 0.2) is 61.1 Å². The molecule has 3 aromatic rings. The summed E-state index contributed by atoms with van der Waals surface area (Å²) in [4.78, 5) is 13.0. The summed E-state index contributed by atoms with van der Waals surface area (Å²) in [7, 11) is -0.590. The van der Waals surface area contributed by atoms with Crippen molar-refractivity contribution in [1.82, 2.24) is 18.6 Å². The fraction of sp³-hybridized carbons (Fsp3) is 0.304. The number of imidazole rings is 1. The predicted octanol–water partition coefficient (Wildman–Crippen LogP) is 3.20. The molecule has 9 heteroatoms. The highest BCUT2D eigenvalue weighted by Crippen LogP contribution is 2.34. The number of anilines is 1. The molecule has 2 heterocycles. The van der Waals surface area contributed by atoms with Gasteiger partial charge in [-0.3, -0.25) is 0 Å². The van der Waals surface area contributed by atoms with Crippen molar-refractivity contribution >= 4 is 21.6 Å². The van der Waals surface area contributed by atoms with E-state index in [1.54, 1.807) is 43.1 Å². The summed E-state index contributed by atoms with van der Waals surface area (Å²) in [6, 6.07) is 15.1. The van der Waals surface area contributed by atoms with Crippen molar-refractivity contribution in [3.8, 4) is 0 Å². The lowest BCUT2D eigenvalue weighted by Gasteiger charge is -2.33. The van der Waals surface area contributed by atoms with Crippen molar-refractivity contribution in [1.29, 1.82) is 0 Å². The molecule has 0 radical (unpaired) electrons. The van der Waals surface area contributed by atoms with Gasteiger partial charge >= 0.3 is 0 Å². The molecule has 32 heavy (non-hydrogen) atoms. The summed E-state index contributed by atoms with van der Waals surface area (Å²) >= 11 is 0. The largest absolute Gasteiger partial charge is 0.364 e. The Morgan fingerprint density at radius 2 is 2.00 bits per heavy atom. The van der Waals surface area contributed by atoms with Crippen LogP contribution in [0.4, 0.5) is 11.4 Å². The van der Waals surface area contributed by atoms with E-state index in [4.69, 9.17) is 6.57 Å². The van der Waals surface area contributed by atoms with Gasteiger partial charge in [-0.2, -0.15) is 17.0 Å². The molecule has 0 spiro atoms. The fourth-order valence-corrected chi connectivity index (χ4v) is 5.32. The summed E-state index contributed by atoms with van der Waals surface area (Å²) in [5.41, 5.74) is 4.26. The number of aromatic nitrogens is 2. The number of nitrogens with zero attached hydrogens (tertiary/aromatic N) is 5. The zero-order chi connectivity index (χ0) is 22.7. The van der Waals surface area contributed by atoms with Crippen LogP contribution in [0.2, 0.25) is 0 Å². The molecule has 1 aromatic heterocycles. The summed E-state index contributed by atoms with van der Waals surface area (Å²) < 4.78 is 29.6. The number of fused-ring (bicyclic) bond motifs is 1. The van der Waals surface area contributed by atoms with Gasteiger partial charge in [-0.05, 0) is 29.7 Å². The Labute approximate surface area is 189 Å². The average Bonchev–Trinajstić information content (AvgIpc) is 3.24. The van der Waals surface area contributed by atoms with Crippen molar-refractivity contribution in [2.45, 2.75) is 25.6 Å². The standard InChI is InChI=1S/C23H26N6O2S/c1-24-20-9-10-23-19(12-20)14-29(32(30,31)27(2)3)22(11-18-7-5-4-6-8-18)16-28(23)15-21-13-25-17-26-21/h4-10,12-13,17,22H,11,14-16H2,2-3H3,(H,25,26)/t22-/m1/s1. The van der Waals surface area contributed by atoms with Gasteiger partial charge in [-0.1, -0.05) is 36.4 Å². The van der Waals surface area contributed by atoms with Crippen molar-refractivity contribution < 1.29 is 8.42 Å². The molecule has 0 saturated heterocycles. The van der Waals surface area contributed by atoms with E-state index in [0.717, 1.165) is 22.5 Å². The highest BCUT2D eigenvalue weighted by Gasteiger charge is 2.36. The van der Waals surface area contributed by atoms with Gasteiger partial charge < -0.3 is 9.88 Å². The fourth-order valence-electron chi connectivity index (χ4n) is 4.08. The van der Waals surface area contributed by atoms with Gasteiger partial charge in [0, 0.05) is 45.1 Å². The quantitative estimate of drug-likeness (QED) is 0.585. The molecule has 1 aliphatic rings. The van der Waals surface area contributed by atoms with E-state index in [1.807, 2.05) is 36.4 Å². The minimum Gasteiger partial charge on any atom is -0.364 e. The third-order valence-electron chi connectivity index (χ3n) is 5.69. The molecule has 1 aliphatic heterocycles. The molecule has 1 atom stereocenters. The van der Waals surface area contributed by atoms with Gasteiger partial charge in [-0.25, -0.2) is 9.83 Å². The van der Waals surface area contributed by atoms with Crippen LogP contribution in [0, 0.1) is 6.57 Å². The maximum atomic E-state index is 13.4. The Morgan fingerprint density at radius 3 is 2.66 bits per heavy atom. The molecule has 166 valence electrons. The number of nitrogens with one attached hydrogen (secondary N) is 1. The normalized spacial score (nSPS) is 17.1. The molecule has 0 amide bonds. The van der Waals surface area contributed by atoms with Crippen LogP contribution in [0.1, 0.15) is 16.8 Å². The summed E-state index contributed by atoms with van der Waals surface area (Å²) in [6.07, 6.45) is 4.00. The van der Waals surface area contributed by atoms with Crippen molar-refractivity contribution in [3.05, 3.63) is 89.3 Å². The monoisotopic (exact) mass is 450 g/mol. The number of rotatable bonds is 6. The zero-order valence-electron chi connectivity index (χ0n) is 18.1. The highest BCUT2D eigenvalue weighted by atomic mass is 32.2. The number of aromatic amines is 1. The Bertz CT molecular complexity index is 1200. The number of hydrogen-bond acceptors (Lipinski definition) is 4. The van der Waals surface area contributed by atoms with Gasteiger partial charge in [0.05, 0.1) is 25.1 Å². The maximum Gasteiger partial charge on any atom is 0.282 e. The Hall–Kier alpha value is -3.19. The molecule has 2 aromatic carbocycles. The van der Waals surface area contributed by atoms with Gasteiger partial charge in [0.25, 0.3) is 10.2 Å². The summed E-state index contributed by atoms with van der Waals surface area (Å²) in [6.45, 7) is 8.68. The van der Waals surface area contributed by atoms with E-state index < -0.39 is 10.2 Å². The van der Waals surface area contributed by atoms with Crippen LogP contribution in [-0.4, -0.2) is 53.7 Å². The van der Waals surface area contributed by atoms with Gasteiger partial charge in [0.2, 0.25) is 0 Å². The SMILES string of the molecule is [C-]#[N+]c1ccc2c(c1)CN(S(=O)(=O)N(C)C)[C@H](Cc1ccccc1)CN2Cc1cnc[nH]1. The van der Waals surface area contributed by atoms with Crippen molar-refractivity contribution in [2.24, 2.45) is 0 Å². The second-order valence-electron chi connectivity index (χ2n) is 8.06. The first-order chi connectivity index (χ1) is 15.4. The van der Waals surface area contributed by atoms with Crippen molar-refractivity contribution in [2.75, 3.05) is 25.5 Å². The number of benzene rings is 2. The first-order valence-electron chi connectivity index (χ1n) is 10.3. The van der Waals surface area contributed by atoms with Gasteiger partial charge in [0.1, 0.15) is 0 Å². The van der Waals surface area contributed by atoms with Crippen LogP contribution in [0.3, 0.4) is 0 Å². The molecular weight excluding hydrogens is 424 g/mol. The molecule has 0 unspecified atom stereocenters. The molecular formula is C23H26N6O2S. The van der Waals surface area contributed by atoms with Crippen LogP contribution in [-0.2, 0) is 29.7 Å². The molecule has 0 fully saturated rings. The summed E-state index contributed by atoms with van der Waals surface area (Å²) in [5, 5.41) is 0. The second-order valence-corrected chi connectivity index (χ2v) is 10.2. The minimum absolute atomic E-state index is 0.205. The van der Waals surface area contributed by atoms with E-state index in [1.165, 1.54) is 4.31 Å². The maximum absolute atomic E-state index is 13.4. The molecule has 0 saturated carbocycles. The Morgan fingerprint density at radius 1 is 1.22 bits per heavy atom. The zero-order valence-corrected chi connectivity index (χ0v) is 19.0. The van der Waals surface area contributed by atoms with Crippen LogP contribution >= 0.6 is 0 Å². The minimum atomic E-state index is -3.70. The molecule has 4 rings (SSSR count). The van der Waals surface area contributed by atoms with Crippen molar-refractivity contribution in [3.63, 3.8) is 0 Å². The lowest BCUT2D eigenvalue weighted by Crippen LogP contribution is -2.49. The average molecular weight is 451 g/mol. The number of H-pyrrole nitrogens is 1. The molecule has 0 bridgehead atoms. The second kappa shape index (κ2) is 9.12. The van der Waals surface area contributed by atoms with E-state index in [9.17, 15) is 8.42 Å². The van der Waals surface area contributed by atoms with Crippen LogP contribution in [0.5, 0.6) is 0 Å². The van der Waals surface area contributed by atoms with Gasteiger partial charge in [-0.15, -0.1) is 0 Å². The predicted molar refractivity (Wildman–Crippen MR) is 124 cm³/mol. The van der Waals surface area contributed by atoms with Crippen LogP contribution in [0.25, 0.3) is 4.85 Å². The molecule has 1 N–H and O–H groups in total. The Kier molecular flexibility index (Phi) is 6.28. The van der Waals surface area contributed by atoms with E-state index >= 15 is 0 Å². The lowest BCUT2D eigenvalue weighted by atomic mass is 10.1.